The average molecular weight is 299 g/mol. The highest BCUT2D eigenvalue weighted by atomic mass is 79.9. The van der Waals surface area contributed by atoms with Crippen LogP contribution >= 0.6 is 15.9 Å². The summed E-state index contributed by atoms with van der Waals surface area (Å²) in [4.78, 5) is 11.7. The van der Waals surface area contributed by atoms with E-state index < -0.39 is 11.7 Å². The third-order valence-electron chi connectivity index (χ3n) is 2.09. The number of halogens is 2. The summed E-state index contributed by atoms with van der Waals surface area (Å²) in [6.45, 7) is 0. The molecular weight excluding hydrogens is 291 g/mol. The summed E-state index contributed by atoms with van der Waals surface area (Å²) in [5.74, 6) is -0.680. The van der Waals surface area contributed by atoms with Gasteiger partial charge in [0.05, 0.1) is 16.4 Å². The molecule has 0 radical (unpaired) electrons. The third kappa shape index (κ3) is 2.44. The first-order valence-corrected chi connectivity index (χ1v) is 5.42. The quantitative estimate of drug-likeness (QED) is 0.794. The Bertz CT molecular complexity index is 569. The number of nitrogens with two attached hydrogens (primary N) is 1. The molecule has 5 nitrogen and oxygen atoms in total. The van der Waals surface area contributed by atoms with Crippen LogP contribution in [0.25, 0.3) is 0 Å². The van der Waals surface area contributed by atoms with E-state index in [-0.39, 0.29) is 5.56 Å². The molecule has 0 saturated carbocycles. The topological polar surface area (TPSA) is 83.8 Å². The average Bonchev–Trinajstić information content (AvgIpc) is 2.68. The molecule has 17 heavy (non-hydrogen) atoms. The van der Waals surface area contributed by atoms with Crippen LogP contribution in [0.3, 0.4) is 0 Å². The van der Waals surface area contributed by atoms with E-state index in [9.17, 15) is 9.18 Å². The number of nitrogen functional groups attached to an aromatic ring is 1. The maximum absolute atomic E-state index is 13.2. The predicted octanol–water partition coefficient (Wildman–Crippen LogP) is 2.15. The second-order valence-electron chi connectivity index (χ2n) is 3.28. The molecule has 1 amide bonds. The van der Waals surface area contributed by atoms with Crippen LogP contribution in [-0.2, 0) is 0 Å². The zero-order valence-corrected chi connectivity index (χ0v) is 10.1. The van der Waals surface area contributed by atoms with E-state index in [0.29, 0.717) is 16.0 Å². The van der Waals surface area contributed by atoms with Crippen molar-refractivity contribution in [2.45, 2.75) is 0 Å². The van der Waals surface area contributed by atoms with Crippen LogP contribution < -0.4 is 11.1 Å². The highest BCUT2D eigenvalue weighted by Crippen LogP contribution is 2.18. The minimum Gasteiger partial charge on any atom is -0.394 e. The Labute approximate surface area is 104 Å². The van der Waals surface area contributed by atoms with Crippen LogP contribution in [0, 0.1) is 5.82 Å². The van der Waals surface area contributed by atoms with Gasteiger partial charge >= 0.3 is 0 Å². The van der Waals surface area contributed by atoms with Crippen LogP contribution in [0.2, 0.25) is 0 Å². The Hall–Kier alpha value is -1.89. The van der Waals surface area contributed by atoms with Gasteiger partial charge in [0.1, 0.15) is 5.82 Å². The van der Waals surface area contributed by atoms with Crippen molar-refractivity contribution in [2.75, 3.05) is 11.1 Å². The van der Waals surface area contributed by atoms with Crippen molar-refractivity contribution in [3.05, 3.63) is 40.2 Å². The molecule has 0 aliphatic heterocycles. The van der Waals surface area contributed by atoms with Gasteiger partial charge in [-0.25, -0.2) is 4.39 Å². The Morgan fingerprint density at radius 1 is 1.53 bits per heavy atom. The summed E-state index contributed by atoms with van der Waals surface area (Å²) in [7, 11) is 0. The Morgan fingerprint density at radius 3 is 2.88 bits per heavy atom. The first-order chi connectivity index (χ1) is 8.08. The number of anilines is 2. The molecule has 1 aromatic carbocycles. The van der Waals surface area contributed by atoms with Gasteiger partial charge in [-0.2, -0.15) is 5.10 Å². The van der Waals surface area contributed by atoms with Crippen LogP contribution in [0.1, 0.15) is 10.4 Å². The number of benzene rings is 1. The fourth-order valence-electron chi connectivity index (χ4n) is 1.22. The van der Waals surface area contributed by atoms with E-state index in [1.54, 1.807) is 0 Å². The number of carbonyl (C=O) groups is 1. The monoisotopic (exact) mass is 298 g/mol. The Balaban J connectivity index is 2.20. The van der Waals surface area contributed by atoms with E-state index in [0.717, 1.165) is 6.07 Å². The lowest BCUT2D eigenvalue weighted by Crippen LogP contribution is -2.13. The summed E-state index contributed by atoms with van der Waals surface area (Å²) in [6, 6.07) is 4.08. The maximum atomic E-state index is 13.2. The number of H-pyrrole nitrogens is 1. The second-order valence-corrected chi connectivity index (χ2v) is 4.14. The van der Waals surface area contributed by atoms with Gasteiger partial charge in [0.25, 0.3) is 5.91 Å². The van der Waals surface area contributed by atoms with E-state index >= 15 is 0 Å². The number of nitrogens with zero attached hydrogens (tertiary/aromatic N) is 1. The fraction of sp³-hybridized carbons (Fsp3) is 0. The molecule has 0 aliphatic carbocycles. The standard InChI is InChI=1S/C10H8BrFN4O/c11-6-2-1-5(3-7(6)12)10(17)15-9-8(13)4-14-16-9/h1-4H,13H2,(H2,14,15,16,17). The molecule has 0 saturated heterocycles. The fourth-order valence-corrected chi connectivity index (χ4v) is 1.47. The molecule has 2 rings (SSSR count). The van der Waals surface area contributed by atoms with E-state index in [4.69, 9.17) is 5.73 Å². The van der Waals surface area contributed by atoms with Crippen molar-refractivity contribution < 1.29 is 9.18 Å². The van der Waals surface area contributed by atoms with Gasteiger partial charge in [-0.05, 0) is 34.1 Å². The number of carbonyl (C=O) groups excluding carboxylic acids is 1. The number of hydrogen-bond donors (Lipinski definition) is 3. The van der Waals surface area contributed by atoms with Crippen molar-refractivity contribution in [2.24, 2.45) is 0 Å². The molecule has 0 fully saturated rings. The van der Waals surface area contributed by atoms with E-state index in [2.05, 4.69) is 31.4 Å². The third-order valence-corrected chi connectivity index (χ3v) is 2.73. The molecule has 7 heteroatoms. The summed E-state index contributed by atoms with van der Waals surface area (Å²) in [5, 5.41) is 8.67. The van der Waals surface area contributed by atoms with Crippen LogP contribution in [0.15, 0.2) is 28.9 Å². The number of hydrogen-bond acceptors (Lipinski definition) is 3. The molecule has 0 spiro atoms. The molecular formula is C10H8BrFN4O. The normalized spacial score (nSPS) is 10.2. The molecule has 0 bridgehead atoms. The molecule has 2 aromatic rings. The van der Waals surface area contributed by atoms with Crippen LogP contribution in [-0.4, -0.2) is 16.1 Å². The zero-order chi connectivity index (χ0) is 12.4. The Morgan fingerprint density at radius 2 is 2.29 bits per heavy atom. The first-order valence-electron chi connectivity index (χ1n) is 4.63. The summed E-state index contributed by atoms with van der Waals surface area (Å²) < 4.78 is 13.5. The molecule has 4 N–H and O–H groups in total. The number of rotatable bonds is 2. The van der Waals surface area contributed by atoms with Crippen LogP contribution in [0.4, 0.5) is 15.9 Å². The van der Waals surface area contributed by atoms with Gasteiger partial charge in [0.15, 0.2) is 5.82 Å². The lowest BCUT2D eigenvalue weighted by molar-refractivity contribution is 0.102. The van der Waals surface area contributed by atoms with Gasteiger partial charge in [0, 0.05) is 5.56 Å². The molecule has 88 valence electrons. The number of amides is 1. The molecule has 0 aliphatic rings. The summed E-state index contributed by atoms with van der Waals surface area (Å²) in [6.07, 6.45) is 1.37. The van der Waals surface area contributed by atoms with Gasteiger partial charge < -0.3 is 11.1 Å². The van der Waals surface area contributed by atoms with Gasteiger partial charge in [-0.15, -0.1) is 0 Å². The minimum atomic E-state index is -0.504. The SMILES string of the molecule is Nc1cn[nH]c1NC(=O)c1ccc(Br)c(F)c1. The van der Waals surface area contributed by atoms with Gasteiger partial charge in [-0.3, -0.25) is 9.89 Å². The van der Waals surface area contributed by atoms with E-state index in [1.165, 1.54) is 18.3 Å². The Kier molecular flexibility index (Phi) is 3.10. The van der Waals surface area contributed by atoms with Gasteiger partial charge in [-0.1, -0.05) is 0 Å². The lowest BCUT2D eigenvalue weighted by atomic mass is 10.2. The largest absolute Gasteiger partial charge is 0.394 e. The number of aromatic nitrogens is 2. The summed E-state index contributed by atoms with van der Waals surface area (Å²) in [5.41, 5.74) is 6.04. The number of aromatic amines is 1. The number of nitrogens with one attached hydrogen (secondary N) is 2. The highest BCUT2D eigenvalue weighted by molar-refractivity contribution is 9.10. The molecule has 1 aromatic heterocycles. The summed E-state index contributed by atoms with van der Waals surface area (Å²) >= 11 is 3.01. The van der Waals surface area contributed by atoms with Crippen molar-refractivity contribution in [1.82, 2.24) is 10.2 Å². The first kappa shape index (κ1) is 11.6. The highest BCUT2D eigenvalue weighted by Gasteiger charge is 2.11. The molecule has 0 unspecified atom stereocenters. The van der Waals surface area contributed by atoms with E-state index in [1.807, 2.05) is 0 Å². The zero-order valence-electron chi connectivity index (χ0n) is 8.50. The predicted molar refractivity (Wildman–Crippen MR) is 65.1 cm³/mol. The van der Waals surface area contributed by atoms with Crippen molar-refractivity contribution in [3.63, 3.8) is 0 Å². The maximum Gasteiger partial charge on any atom is 0.256 e. The van der Waals surface area contributed by atoms with Crippen LogP contribution in [0.5, 0.6) is 0 Å². The van der Waals surface area contributed by atoms with Crippen molar-refractivity contribution >= 4 is 33.3 Å². The lowest BCUT2D eigenvalue weighted by Gasteiger charge is -2.04. The molecule has 0 atom stereocenters. The minimum absolute atomic E-state index is 0.194. The van der Waals surface area contributed by atoms with Crippen molar-refractivity contribution in [3.8, 4) is 0 Å². The smallest absolute Gasteiger partial charge is 0.256 e. The second kappa shape index (κ2) is 4.54. The molecule has 1 heterocycles. The van der Waals surface area contributed by atoms with Gasteiger partial charge in [0.2, 0.25) is 0 Å². The van der Waals surface area contributed by atoms with Crippen molar-refractivity contribution in [1.29, 1.82) is 0 Å².